The lowest BCUT2D eigenvalue weighted by atomic mass is 10.2. The molecule has 1 aromatic heterocycles. The van der Waals surface area contributed by atoms with Crippen molar-refractivity contribution in [2.75, 3.05) is 0 Å². The van der Waals surface area contributed by atoms with Crippen LogP contribution in [-0.2, 0) is 4.79 Å². The second-order valence-electron chi connectivity index (χ2n) is 3.04. The van der Waals surface area contributed by atoms with Gasteiger partial charge in [0.25, 0.3) is 0 Å². The molecule has 2 aromatic rings. The summed E-state index contributed by atoms with van der Waals surface area (Å²) in [4.78, 5) is 16.7. The van der Waals surface area contributed by atoms with Gasteiger partial charge in [0, 0.05) is 6.92 Å². The van der Waals surface area contributed by atoms with Gasteiger partial charge in [0.2, 0.25) is 0 Å². The maximum absolute atomic E-state index is 10.7. The van der Waals surface area contributed by atoms with Crippen LogP contribution in [0.15, 0.2) is 18.2 Å². The highest BCUT2D eigenvalue weighted by molar-refractivity contribution is 5.75. The minimum atomic E-state index is -0.418. The van der Waals surface area contributed by atoms with E-state index in [1.54, 1.807) is 0 Å². The molecule has 0 unspecified atom stereocenters. The Labute approximate surface area is 80.2 Å². The van der Waals surface area contributed by atoms with E-state index >= 15 is 0 Å². The Morgan fingerprint density at radius 1 is 1.50 bits per heavy atom. The monoisotopic (exact) mass is 191 g/mol. The third-order valence-electron chi connectivity index (χ3n) is 1.79. The molecule has 0 aliphatic heterocycles. The van der Waals surface area contributed by atoms with Crippen molar-refractivity contribution in [2.24, 2.45) is 0 Å². The molecule has 0 N–H and O–H groups in total. The minimum Gasteiger partial charge on any atom is -0.318 e. The fourth-order valence-electron chi connectivity index (χ4n) is 1.20. The first-order valence-electron chi connectivity index (χ1n) is 4.18. The predicted octanol–water partition coefficient (Wildman–Crippen LogP) is 0.715. The summed E-state index contributed by atoms with van der Waals surface area (Å²) in [5, 5.41) is 7.55. The van der Waals surface area contributed by atoms with E-state index in [0.29, 0.717) is 11.0 Å². The van der Waals surface area contributed by atoms with E-state index in [1.807, 2.05) is 25.1 Å². The lowest BCUT2D eigenvalue weighted by Crippen LogP contribution is -2.17. The van der Waals surface area contributed by atoms with Crippen molar-refractivity contribution in [1.82, 2.24) is 15.2 Å². The summed E-state index contributed by atoms with van der Waals surface area (Å²) >= 11 is 0. The van der Waals surface area contributed by atoms with E-state index in [4.69, 9.17) is 4.84 Å². The highest BCUT2D eigenvalue weighted by Gasteiger charge is 2.06. The number of carbonyl (C=O) groups excluding carboxylic acids is 1. The molecule has 5 heteroatoms. The molecule has 0 spiro atoms. The van der Waals surface area contributed by atoms with E-state index in [-0.39, 0.29) is 0 Å². The standard InChI is InChI=1S/C9H9N3O2/c1-6-3-4-8-9(5-6)12(11-10-8)14-7(2)13/h3-5H,1-2H3. The summed E-state index contributed by atoms with van der Waals surface area (Å²) in [7, 11) is 0. The van der Waals surface area contributed by atoms with Gasteiger partial charge >= 0.3 is 5.97 Å². The molecule has 0 atom stereocenters. The molecule has 14 heavy (non-hydrogen) atoms. The van der Waals surface area contributed by atoms with Crippen LogP contribution in [0.25, 0.3) is 11.0 Å². The molecular weight excluding hydrogens is 182 g/mol. The Kier molecular flexibility index (Phi) is 1.92. The van der Waals surface area contributed by atoms with Crippen LogP contribution in [0.3, 0.4) is 0 Å². The van der Waals surface area contributed by atoms with Crippen LogP contribution in [0.2, 0.25) is 0 Å². The van der Waals surface area contributed by atoms with Gasteiger partial charge in [-0.25, -0.2) is 4.79 Å². The Morgan fingerprint density at radius 2 is 2.29 bits per heavy atom. The highest BCUT2D eigenvalue weighted by Crippen LogP contribution is 2.11. The van der Waals surface area contributed by atoms with Gasteiger partial charge in [-0.2, -0.15) is 0 Å². The Hall–Kier alpha value is -1.91. The van der Waals surface area contributed by atoms with Crippen molar-refractivity contribution in [2.45, 2.75) is 13.8 Å². The van der Waals surface area contributed by atoms with Crippen LogP contribution < -0.4 is 4.84 Å². The largest absolute Gasteiger partial charge is 0.332 e. The quantitative estimate of drug-likeness (QED) is 0.623. The lowest BCUT2D eigenvalue weighted by Gasteiger charge is -1.99. The van der Waals surface area contributed by atoms with Crippen LogP contribution in [0.1, 0.15) is 12.5 Å². The van der Waals surface area contributed by atoms with Gasteiger partial charge in [-0.15, -0.1) is 5.10 Å². The summed E-state index contributed by atoms with van der Waals surface area (Å²) in [6.45, 7) is 3.27. The van der Waals surface area contributed by atoms with Crippen molar-refractivity contribution < 1.29 is 9.63 Å². The van der Waals surface area contributed by atoms with Crippen LogP contribution in [0.5, 0.6) is 0 Å². The van der Waals surface area contributed by atoms with E-state index in [2.05, 4.69) is 10.3 Å². The van der Waals surface area contributed by atoms with Gasteiger partial charge in [-0.1, -0.05) is 10.9 Å². The zero-order valence-corrected chi connectivity index (χ0v) is 7.89. The van der Waals surface area contributed by atoms with Crippen LogP contribution >= 0.6 is 0 Å². The van der Waals surface area contributed by atoms with Crippen molar-refractivity contribution in [3.8, 4) is 0 Å². The normalized spacial score (nSPS) is 10.4. The predicted molar refractivity (Wildman–Crippen MR) is 49.5 cm³/mol. The SMILES string of the molecule is CC(=O)On1nnc2ccc(C)cc21. The van der Waals surface area contributed by atoms with Gasteiger partial charge in [-0.05, 0) is 29.8 Å². The average Bonchev–Trinajstić information content (AvgIpc) is 2.47. The van der Waals surface area contributed by atoms with Gasteiger partial charge in [0.15, 0.2) is 0 Å². The summed E-state index contributed by atoms with van der Waals surface area (Å²) in [5.41, 5.74) is 2.46. The fourth-order valence-corrected chi connectivity index (χ4v) is 1.20. The number of aryl methyl sites for hydroxylation is 1. The second kappa shape index (κ2) is 3.10. The van der Waals surface area contributed by atoms with Gasteiger partial charge in [-0.3, -0.25) is 0 Å². The van der Waals surface area contributed by atoms with Gasteiger partial charge in [0.05, 0.1) is 0 Å². The fraction of sp³-hybridized carbons (Fsp3) is 0.222. The Morgan fingerprint density at radius 3 is 3.00 bits per heavy atom. The molecule has 0 aliphatic carbocycles. The second-order valence-corrected chi connectivity index (χ2v) is 3.04. The van der Waals surface area contributed by atoms with Crippen LogP contribution in [-0.4, -0.2) is 21.1 Å². The highest BCUT2D eigenvalue weighted by atomic mass is 16.7. The number of benzene rings is 1. The van der Waals surface area contributed by atoms with Crippen molar-refractivity contribution in [1.29, 1.82) is 0 Å². The number of carbonyl (C=O) groups is 1. The molecule has 1 aromatic carbocycles. The minimum absolute atomic E-state index is 0.418. The first-order chi connectivity index (χ1) is 6.66. The zero-order chi connectivity index (χ0) is 10.1. The summed E-state index contributed by atoms with van der Waals surface area (Å²) in [5.74, 6) is -0.418. The van der Waals surface area contributed by atoms with Crippen molar-refractivity contribution >= 4 is 17.0 Å². The summed E-state index contributed by atoms with van der Waals surface area (Å²) in [6.07, 6.45) is 0. The molecule has 5 nitrogen and oxygen atoms in total. The number of nitrogens with zero attached hydrogens (tertiary/aromatic N) is 3. The lowest BCUT2D eigenvalue weighted by molar-refractivity contribution is -0.142. The maximum atomic E-state index is 10.7. The molecule has 1 heterocycles. The third kappa shape index (κ3) is 1.44. The van der Waals surface area contributed by atoms with Crippen molar-refractivity contribution in [3.05, 3.63) is 23.8 Å². The molecule has 0 fully saturated rings. The Bertz CT molecular complexity index is 490. The molecule has 0 aliphatic rings. The average molecular weight is 191 g/mol. The first-order valence-corrected chi connectivity index (χ1v) is 4.18. The van der Waals surface area contributed by atoms with E-state index < -0.39 is 5.97 Å². The molecule has 2 rings (SSSR count). The number of fused-ring (bicyclic) bond motifs is 1. The number of rotatable bonds is 1. The van der Waals surface area contributed by atoms with Crippen molar-refractivity contribution in [3.63, 3.8) is 0 Å². The van der Waals surface area contributed by atoms with E-state index in [0.717, 1.165) is 10.4 Å². The summed E-state index contributed by atoms with van der Waals surface area (Å²) in [6, 6.07) is 5.62. The van der Waals surface area contributed by atoms with Crippen LogP contribution in [0.4, 0.5) is 0 Å². The summed E-state index contributed by atoms with van der Waals surface area (Å²) < 4.78 is 0. The van der Waals surface area contributed by atoms with E-state index in [1.165, 1.54) is 6.92 Å². The molecule has 72 valence electrons. The Balaban J connectivity index is 2.55. The molecule has 0 bridgehead atoms. The number of aromatic nitrogens is 3. The van der Waals surface area contributed by atoms with E-state index in [9.17, 15) is 4.79 Å². The topological polar surface area (TPSA) is 57.0 Å². The van der Waals surface area contributed by atoms with Gasteiger partial charge in [0.1, 0.15) is 11.0 Å². The molecular formula is C9H9N3O2. The van der Waals surface area contributed by atoms with Gasteiger partial charge < -0.3 is 4.84 Å². The smallest absolute Gasteiger partial charge is 0.318 e. The van der Waals surface area contributed by atoms with Crippen LogP contribution in [0, 0.1) is 6.92 Å². The first kappa shape index (κ1) is 8.68. The molecule has 0 radical (unpaired) electrons. The molecule has 0 amide bonds. The zero-order valence-electron chi connectivity index (χ0n) is 7.89. The molecule has 0 saturated heterocycles. The third-order valence-corrected chi connectivity index (χ3v) is 1.79. The molecule has 0 saturated carbocycles. The maximum Gasteiger partial charge on any atom is 0.332 e. The number of hydrogen-bond acceptors (Lipinski definition) is 4. The number of hydrogen-bond donors (Lipinski definition) is 0.